The summed E-state index contributed by atoms with van der Waals surface area (Å²) in [5.74, 6) is 0.552. The summed E-state index contributed by atoms with van der Waals surface area (Å²) < 4.78 is 5.48. The largest absolute Gasteiger partial charge is 0.496 e. The highest BCUT2D eigenvalue weighted by Crippen LogP contribution is 2.45. The maximum absolute atomic E-state index is 13.4. The molecule has 0 saturated heterocycles. The van der Waals surface area contributed by atoms with Crippen LogP contribution in [0.5, 0.6) is 5.75 Å². The van der Waals surface area contributed by atoms with E-state index in [-0.39, 0.29) is 11.8 Å². The van der Waals surface area contributed by atoms with Crippen LogP contribution in [0, 0.1) is 0 Å². The molecule has 2 heterocycles. The molecule has 1 atom stereocenters. The molecule has 0 aliphatic carbocycles. The van der Waals surface area contributed by atoms with Crippen molar-refractivity contribution in [3.05, 3.63) is 95.1 Å². The van der Waals surface area contributed by atoms with Crippen molar-refractivity contribution in [2.75, 3.05) is 12.0 Å². The highest BCUT2D eigenvalue weighted by Gasteiger charge is 2.47. The Morgan fingerprint density at radius 2 is 1.50 bits per heavy atom. The minimum atomic E-state index is -0.462. The number of hydrogen-bond donors (Lipinski definition) is 0. The van der Waals surface area contributed by atoms with Crippen molar-refractivity contribution in [1.82, 2.24) is 4.90 Å². The molecule has 138 valence electrons. The van der Waals surface area contributed by atoms with E-state index in [0.717, 1.165) is 16.9 Å². The van der Waals surface area contributed by atoms with Gasteiger partial charge in [0.15, 0.2) is 0 Å². The van der Waals surface area contributed by atoms with Gasteiger partial charge in [0.25, 0.3) is 11.8 Å². The van der Waals surface area contributed by atoms with Crippen LogP contribution in [0.2, 0.25) is 0 Å². The molecule has 0 spiro atoms. The molecule has 5 rings (SSSR count). The number of nitrogens with zero attached hydrogens (tertiary/aromatic N) is 2. The first-order chi connectivity index (χ1) is 13.7. The van der Waals surface area contributed by atoms with Gasteiger partial charge in [0.1, 0.15) is 11.9 Å². The summed E-state index contributed by atoms with van der Waals surface area (Å²) in [6.07, 6.45) is -0.462. The molecule has 1 unspecified atom stereocenters. The predicted molar refractivity (Wildman–Crippen MR) is 105 cm³/mol. The molecule has 5 heteroatoms. The van der Waals surface area contributed by atoms with Gasteiger partial charge in [-0.25, -0.2) is 0 Å². The van der Waals surface area contributed by atoms with Crippen molar-refractivity contribution in [2.45, 2.75) is 12.7 Å². The molecule has 0 radical (unpaired) electrons. The zero-order valence-electron chi connectivity index (χ0n) is 15.3. The molecule has 0 bridgehead atoms. The normalized spacial score (nSPS) is 17.2. The molecule has 2 aliphatic rings. The first-order valence-electron chi connectivity index (χ1n) is 9.15. The summed E-state index contributed by atoms with van der Waals surface area (Å²) in [4.78, 5) is 30.1. The Morgan fingerprint density at radius 1 is 0.821 bits per heavy atom. The second-order valence-electron chi connectivity index (χ2n) is 6.90. The van der Waals surface area contributed by atoms with Crippen molar-refractivity contribution >= 4 is 17.5 Å². The average Bonchev–Trinajstić information content (AvgIpc) is 3.04. The third-order valence-corrected chi connectivity index (χ3v) is 5.42. The molecular weight excluding hydrogens is 352 g/mol. The van der Waals surface area contributed by atoms with Crippen LogP contribution in [0.15, 0.2) is 72.8 Å². The predicted octanol–water partition coefficient (Wildman–Crippen LogP) is 4.01. The second-order valence-corrected chi connectivity index (χ2v) is 6.90. The lowest BCUT2D eigenvalue weighted by Gasteiger charge is -2.41. The smallest absolute Gasteiger partial charge is 0.260 e. The lowest BCUT2D eigenvalue weighted by atomic mass is 10.0. The van der Waals surface area contributed by atoms with Crippen LogP contribution < -0.4 is 9.64 Å². The fraction of sp³-hybridized carbons (Fsp3) is 0.130. The van der Waals surface area contributed by atoms with E-state index in [1.54, 1.807) is 23.0 Å². The number of ether oxygens (including phenoxy) is 1. The number of carbonyl (C=O) groups is 2. The van der Waals surface area contributed by atoms with Crippen LogP contribution in [-0.4, -0.2) is 23.8 Å². The standard InChI is InChI=1S/C23H18N2O3/c1-28-20-13-7-2-8-15(20)14-24-21-16-9-3-4-10-17(16)23(27)25(21)19-12-6-5-11-18(19)22(24)26/h2-13,21H,14H2,1H3. The van der Waals surface area contributed by atoms with E-state index in [9.17, 15) is 9.59 Å². The SMILES string of the molecule is COc1ccccc1CN1C(=O)c2ccccc2N2C(=O)c3ccccc3C12. The molecule has 0 saturated carbocycles. The lowest BCUT2D eigenvalue weighted by Crippen LogP contribution is -2.47. The van der Waals surface area contributed by atoms with E-state index in [1.165, 1.54) is 0 Å². The Hall–Kier alpha value is -3.60. The molecular formula is C23H18N2O3. The fourth-order valence-corrected chi connectivity index (χ4v) is 4.15. The van der Waals surface area contributed by atoms with Crippen LogP contribution in [-0.2, 0) is 6.54 Å². The molecule has 3 aromatic rings. The molecule has 2 amide bonds. The van der Waals surface area contributed by atoms with Crippen molar-refractivity contribution in [1.29, 1.82) is 0 Å². The monoisotopic (exact) mass is 370 g/mol. The van der Waals surface area contributed by atoms with Crippen molar-refractivity contribution in [3.63, 3.8) is 0 Å². The first-order valence-corrected chi connectivity index (χ1v) is 9.15. The molecule has 5 nitrogen and oxygen atoms in total. The van der Waals surface area contributed by atoms with Gasteiger partial charge >= 0.3 is 0 Å². The number of hydrogen-bond acceptors (Lipinski definition) is 3. The fourth-order valence-electron chi connectivity index (χ4n) is 4.15. The number of fused-ring (bicyclic) bond motifs is 5. The van der Waals surface area contributed by atoms with Crippen LogP contribution in [0.25, 0.3) is 0 Å². The summed E-state index contributed by atoms with van der Waals surface area (Å²) in [5.41, 5.74) is 3.59. The van der Waals surface area contributed by atoms with Gasteiger partial charge in [-0.3, -0.25) is 14.5 Å². The van der Waals surface area contributed by atoms with Gasteiger partial charge in [-0.2, -0.15) is 0 Å². The number of amides is 2. The van der Waals surface area contributed by atoms with E-state index < -0.39 is 6.17 Å². The quantitative estimate of drug-likeness (QED) is 0.700. The van der Waals surface area contributed by atoms with E-state index in [2.05, 4.69) is 0 Å². The summed E-state index contributed by atoms with van der Waals surface area (Å²) in [6.45, 7) is 0.347. The Balaban J connectivity index is 1.68. The summed E-state index contributed by atoms with van der Waals surface area (Å²) in [6, 6.07) is 22.4. The highest BCUT2D eigenvalue weighted by molar-refractivity contribution is 6.16. The third kappa shape index (κ3) is 2.26. The van der Waals surface area contributed by atoms with E-state index in [1.807, 2.05) is 66.7 Å². The number of rotatable bonds is 3. The third-order valence-electron chi connectivity index (χ3n) is 5.42. The van der Waals surface area contributed by atoms with Gasteiger partial charge in [0.2, 0.25) is 0 Å². The van der Waals surface area contributed by atoms with Crippen molar-refractivity contribution in [3.8, 4) is 5.75 Å². The van der Waals surface area contributed by atoms with E-state index >= 15 is 0 Å². The molecule has 28 heavy (non-hydrogen) atoms. The minimum Gasteiger partial charge on any atom is -0.496 e. The average molecular weight is 370 g/mol. The number of methoxy groups -OCH3 is 1. The number of anilines is 1. The summed E-state index contributed by atoms with van der Waals surface area (Å²) in [7, 11) is 1.62. The molecule has 0 aromatic heterocycles. The summed E-state index contributed by atoms with van der Waals surface area (Å²) in [5, 5.41) is 0. The van der Waals surface area contributed by atoms with Gasteiger partial charge in [0, 0.05) is 16.7 Å². The van der Waals surface area contributed by atoms with Gasteiger partial charge in [-0.1, -0.05) is 48.5 Å². The van der Waals surface area contributed by atoms with E-state index in [4.69, 9.17) is 4.74 Å². The Kier molecular flexibility index (Phi) is 3.69. The Morgan fingerprint density at radius 3 is 2.32 bits per heavy atom. The Labute approximate surface area is 162 Å². The highest BCUT2D eigenvalue weighted by atomic mass is 16.5. The maximum atomic E-state index is 13.4. The second kappa shape index (κ2) is 6.23. The van der Waals surface area contributed by atoms with Crippen molar-refractivity contribution < 1.29 is 14.3 Å². The topological polar surface area (TPSA) is 49.9 Å². The summed E-state index contributed by atoms with van der Waals surface area (Å²) >= 11 is 0. The molecule has 3 aromatic carbocycles. The van der Waals surface area contributed by atoms with Gasteiger partial charge in [-0.15, -0.1) is 0 Å². The lowest BCUT2D eigenvalue weighted by molar-refractivity contribution is 0.0628. The maximum Gasteiger partial charge on any atom is 0.260 e. The number of benzene rings is 3. The number of para-hydroxylation sites is 2. The Bertz CT molecular complexity index is 1110. The van der Waals surface area contributed by atoms with Crippen LogP contribution in [0.3, 0.4) is 0 Å². The van der Waals surface area contributed by atoms with Crippen molar-refractivity contribution in [2.24, 2.45) is 0 Å². The van der Waals surface area contributed by atoms with Gasteiger partial charge < -0.3 is 9.64 Å². The van der Waals surface area contributed by atoms with Crippen LogP contribution in [0.1, 0.15) is 38.0 Å². The van der Waals surface area contributed by atoms with E-state index in [0.29, 0.717) is 23.4 Å². The number of carbonyl (C=O) groups excluding carboxylic acids is 2. The zero-order chi connectivity index (χ0) is 19.3. The van der Waals surface area contributed by atoms with Gasteiger partial charge in [-0.05, 0) is 24.3 Å². The first kappa shape index (κ1) is 16.6. The molecule has 0 N–H and O–H groups in total. The molecule has 0 fully saturated rings. The minimum absolute atomic E-state index is 0.0782. The van der Waals surface area contributed by atoms with Crippen LogP contribution >= 0.6 is 0 Å². The molecule has 2 aliphatic heterocycles. The zero-order valence-corrected chi connectivity index (χ0v) is 15.3. The van der Waals surface area contributed by atoms with Crippen LogP contribution in [0.4, 0.5) is 5.69 Å². The van der Waals surface area contributed by atoms with Gasteiger partial charge in [0.05, 0.1) is 24.9 Å².